The lowest BCUT2D eigenvalue weighted by Gasteiger charge is -2.17. The van der Waals surface area contributed by atoms with Gasteiger partial charge in [0.2, 0.25) is 0 Å². The molecule has 33 heavy (non-hydrogen) atoms. The van der Waals surface area contributed by atoms with Gasteiger partial charge in [-0.2, -0.15) is 0 Å². The van der Waals surface area contributed by atoms with Crippen molar-refractivity contribution in [3.05, 3.63) is 105 Å². The van der Waals surface area contributed by atoms with Crippen LogP contribution in [0.25, 0.3) is 10.8 Å². The van der Waals surface area contributed by atoms with Crippen LogP contribution >= 0.6 is 27.5 Å². The number of fused-ring (bicyclic) bond motifs is 1. The monoisotopic (exact) mass is 524 g/mol. The Morgan fingerprint density at radius 3 is 2.42 bits per heavy atom. The molecule has 0 heterocycles. The SMILES string of the molecule is COC(=O)COc1ccc2cc(Br)c(OCc3ccccc3)cc2c1Cc1ccccc1Cl. The van der Waals surface area contributed by atoms with Crippen molar-refractivity contribution in [2.45, 2.75) is 13.0 Å². The highest BCUT2D eigenvalue weighted by Crippen LogP contribution is 2.37. The van der Waals surface area contributed by atoms with Crippen LogP contribution < -0.4 is 9.47 Å². The first-order valence-corrected chi connectivity index (χ1v) is 11.6. The van der Waals surface area contributed by atoms with Crippen LogP contribution in [0.2, 0.25) is 5.02 Å². The molecule has 0 radical (unpaired) electrons. The zero-order valence-electron chi connectivity index (χ0n) is 18.0. The standard InChI is InChI=1S/C27H22BrClO4/c1-31-27(30)17-33-25-12-11-19-14-23(28)26(32-16-18-7-3-2-4-8-18)15-21(19)22(25)13-20-9-5-6-10-24(20)29/h2-12,14-15H,13,16-17H2,1H3. The molecule has 0 saturated heterocycles. The van der Waals surface area contributed by atoms with Gasteiger partial charge in [-0.15, -0.1) is 0 Å². The zero-order chi connectivity index (χ0) is 23.2. The minimum absolute atomic E-state index is 0.175. The molecule has 168 valence electrons. The van der Waals surface area contributed by atoms with E-state index in [0.717, 1.165) is 37.7 Å². The van der Waals surface area contributed by atoms with Crippen LogP contribution in [-0.2, 0) is 22.6 Å². The van der Waals surface area contributed by atoms with Gasteiger partial charge in [-0.1, -0.05) is 66.2 Å². The molecule has 0 spiro atoms. The number of ether oxygens (including phenoxy) is 3. The molecule has 4 rings (SSSR count). The van der Waals surface area contributed by atoms with E-state index in [1.807, 2.05) is 78.9 Å². The zero-order valence-corrected chi connectivity index (χ0v) is 20.4. The molecule has 0 unspecified atom stereocenters. The maximum atomic E-state index is 11.7. The van der Waals surface area contributed by atoms with E-state index in [9.17, 15) is 4.79 Å². The van der Waals surface area contributed by atoms with E-state index in [1.165, 1.54) is 7.11 Å². The molecule has 0 aliphatic rings. The number of hydrogen-bond donors (Lipinski definition) is 0. The summed E-state index contributed by atoms with van der Waals surface area (Å²) in [7, 11) is 1.34. The third-order valence-electron chi connectivity index (χ3n) is 5.28. The Morgan fingerprint density at radius 2 is 1.67 bits per heavy atom. The van der Waals surface area contributed by atoms with E-state index in [4.69, 9.17) is 25.8 Å². The van der Waals surface area contributed by atoms with Crippen molar-refractivity contribution < 1.29 is 19.0 Å². The quantitative estimate of drug-likeness (QED) is 0.233. The second kappa shape index (κ2) is 10.7. The van der Waals surface area contributed by atoms with Crippen molar-refractivity contribution in [2.24, 2.45) is 0 Å². The normalized spacial score (nSPS) is 10.8. The summed E-state index contributed by atoms with van der Waals surface area (Å²) in [6.07, 6.45) is 0.535. The van der Waals surface area contributed by atoms with E-state index in [0.29, 0.717) is 23.8 Å². The molecule has 0 N–H and O–H groups in total. The lowest BCUT2D eigenvalue weighted by molar-refractivity contribution is -0.142. The fourth-order valence-corrected chi connectivity index (χ4v) is 4.24. The van der Waals surface area contributed by atoms with Crippen LogP contribution in [0.1, 0.15) is 16.7 Å². The third kappa shape index (κ3) is 5.67. The summed E-state index contributed by atoms with van der Waals surface area (Å²) in [6, 6.07) is 25.6. The van der Waals surface area contributed by atoms with E-state index in [1.54, 1.807) is 0 Å². The molecular formula is C27H22BrClO4. The molecule has 0 aromatic heterocycles. The first-order valence-electron chi connectivity index (χ1n) is 10.4. The van der Waals surface area contributed by atoms with Gasteiger partial charge in [-0.05, 0) is 62.1 Å². The van der Waals surface area contributed by atoms with Crippen molar-refractivity contribution in [3.8, 4) is 11.5 Å². The number of halogens is 2. The fourth-order valence-electron chi connectivity index (χ4n) is 3.56. The first-order chi connectivity index (χ1) is 16.0. The second-order valence-electron chi connectivity index (χ2n) is 7.45. The van der Waals surface area contributed by atoms with E-state index < -0.39 is 5.97 Å². The van der Waals surface area contributed by atoms with Crippen molar-refractivity contribution in [1.82, 2.24) is 0 Å². The molecule has 4 aromatic carbocycles. The summed E-state index contributed by atoms with van der Waals surface area (Å²) in [6.45, 7) is 0.273. The maximum absolute atomic E-state index is 11.7. The Morgan fingerprint density at radius 1 is 0.909 bits per heavy atom. The molecule has 4 nitrogen and oxygen atoms in total. The molecular weight excluding hydrogens is 504 g/mol. The molecule has 6 heteroatoms. The Kier molecular flexibility index (Phi) is 7.53. The van der Waals surface area contributed by atoms with E-state index in [-0.39, 0.29) is 6.61 Å². The summed E-state index contributed by atoms with van der Waals surface area (Å²) in [5, 5.41) is 2.65. The van der Waals surface area contributed by atoms with E-state index >= 15 is 0 Å². The molecule has 0 bridgehead atoms. The smallest absolute Gasteiger partial charge is 0.343 e. The van der Waals surface area contributed by atoms with Gasteiger partial charge in [0.25, 0.3) is 0 Å². The highest BCUT2D eigenvalue weighted by atomic mass is 79.9. The van der Waals surface area contributed by atoms with Gasteiger partial charge in [0.15, 0.2) is 6.61 Å². The summed E-state index contributed by atoms with van der Waals surface area (Å²) in [5.41, 5.74) is 2.96. The Labute approximate surface area is 206 Å². The van der Waals surface area contributed by atoms with Gasteiger partial charge in [0, 0.05) is 17.0 Å². The van der Waals surface area contributed by atoms with Crippen LogP contribution in [0, 0.1) is 0 Å². The molecule has 0 aliphatic heterocycles. The predicted molar refractivity (Wildman–Crippen MR) is 134 cm³/mol. The molecule has 0 saturated carbocycles. The highest BCUT2D eigenvalue weighted by molar-refractivity contribution is 9.10. The van der Waals surface area contributed by atoms with Crippen LogP contribution in [0.4, 0.5) is 0 Å². The minimum Gasteiger partial charge on any atom is -0.488 e. The van der Waals surface area contributed by atoms with Gasteiger partial charge >= 0.3 is 5.97 Å². The summed E-state index contributed by atoms with van der Waals surface area (Å²) in [5.74, 6) is 0.877. The molecule has 0 amide bonds. The van der Waals surface area contributed by atoms with E-state index in [2.05, 4.69) is 15.9 Å². The lowest BCUT2D eigenvalue weighted by atomic mass is 9.97. The minimum atomic E-state index is -0.443. The Bertz CT molecular complexity index is 1270. The number of carbonyl (C=O) groups is 1. The van der Waals surface area contributed by atoms with Gasteiger partial charge in [0.05, 0.1) is 11.6 Å². The van der Waals surface area contributed by atoms with Gasteiger partial charge < -0.3 is 14.2 Å². The largest absolute Gasteiger partial charge is 0.488 e. The highest BCUT2D eigenvalue weighted by Gasteiger charge is 2.16. The molecule has 0 atom stereocenters. The average Bonchev–Trinajstić information content (AvgIpc) is 2.84. The van der Waals surface area contributed by atoms with Crippen molar-refractivity contribution in [1.29, 1.82) is 0 Å². The van der Waals surface area contributed by atoms with Gasteiger partial charge in [-0.25, -0.2) is 4.79 Å². The fraction of sp³-hybridized carbons (Fsp3) is 0.148. The summed E-state index contributed by atoms with van der Waals surface area (Å²) < 4.78 is 17.6. The summed E-state index contributed by atoms with van der Waals surface area (Å²) >= 11 is 10.1. The van der Waals surface area contributed by atoms with Crippen LogP contribution in [0.5, 0.6) is 11.5 Å². The lowest BCUT2D eigenvalue weighted by Crippen LogP contribution is -2.13. The first kappa shape index (κ1) is 23.1. The topological polar surface area (TPSA) is 44.8 Å². The van der Waals surface area contributed by atoms with Crippen LogP contribution in [0.3, 0.4) is 0 Å². The molecule has 4 aromatic rings. The van der Waals surface area contributed by atoms with Gasteiger partial charge in [-0.3, -0.25) is 0 Å². The van der Waals surface area contributed by atoms with Gasteiger partial charge in [0.1, 0.15) is 18.1 Å². The maximum Gasteiger partial charge on any atom is 0.343 e. The second-order valence-corrected chi connectivity index (χ2v) is 8.71. The third-order valence-corrected chi connectivity index (χ3v) is 6.26. The van der Waals surface area contributed by atoms with Crippen molar-refractivity contribution in [2.75, 3.05) is 13.7 Å². The van der Waals surface area contributed by atoms with Crippen LogP contribution in [-0.4, -0.2) is 19.7 Å². The van der Waals surface area contributed by atoms with Crippen LogP contribution in [0.15, 0.2) is 83.3 Å². The molecule has 0 fully saturated rings. The number of methoxy groups -OCH3 is 1. The molecule has 0 aliphatic carbocycles. The predicted octanol–water partition coefficient (Wildman–Crippen LogP) is 6.98. The number of carbonyl (C=O) groups excluding carboxylic acids is 1. The van der Waals surface area contributed by atoms with Crippen molar-refractivity contribution in [3.63, 3.8) is 0 Å². The number of rotatable bonds is 8. The number of hydrogen-bond acceptors (Lipinski definition) is 4. The Hall–Kier alpha value is -3.02. The number of benzene rings is 4. The average molecular weight is 526 g/mol. The Balaban J connectivity index is 1.75. The van der Waals surface area contributed by atoms with Crippen molar-refractivity contribution >= 4 is 44.3 Å². The summed E-state index contributed by atoms with van der Waals surface area (Å²) in [4.78, 5) is 11.7. The number of esters is 1.